The van der Waals surface area contributed by atoms with Gasteiger partial charge in [0.15, 0.2) is 5.96 Å². The number of nitrogens with one attached hydrogen (secondary N) is 3. The molecule has 0 bridgehead atoms. The number of piperidine rings is 1. The first-order valence-electron chi connectivity index (χ1n) is 9.80. The van der Waals surface area contributed by atoms with Gasteiger partial charge in [0, 0.05) is 32.7 Å². The van der Waals surface area contributed by atoms with E-state index in [2.05, 4.69) is 32.8 Å². The molecule has 1 aromatic rings. The number of likely N-dealkylation sites (N-methyl/N-ethyl adjacent to an activating group) is 1. The minimum absolute atomic E-state index is 0. The van der Waals surface area contributed by atoms with Crippen LogP contribution in [0.15, 0.2) is 35.3 Å². The van der Waals surface area contributed by atoms with Crippen molar-refractivity contribution in [2.24, 2.45) is 4.99 Å². The number of amides is 1. The molecule has 1 aliphatic rings. The van der Waals surface area contributed by atoms with Gasteiger partial charge in [-0.3, -0.25) is 9.69 Å². The molecule has 0 spiro atoms. The number of carbonyl (C=O) groups excluding carboxylic acids is 1. The first kappa shape index (κ1) is 24.5. The minimum Gasteiger partial charge on any atom is -0.489 e. The molecule has 1 atom stereocenters. The monoisotopic (exact) mass is 503 g/mol. The van der Waals surface area contributed by atoms with Crippen molar-refractivity contribution in [3.05, 3.63) is 30.3 Å². The molecule has 3 N–H and O–H groups in total. The maximum Gasteiger partial charge on any atom is 0.233 e. The van der Waals surface area contributed by atoms with Gasteiger partial charge in [-0.15, -0.1) is 24.0 Å². The maximum absolute atomic E-state index is 11.5. The molecule has 1 fully saturated rings. The van der Waals surface area contributed by atoms with Crippen LogP contribution in [0.3, 0.4) is 0 Å². The predicted octanol–water partition coefficient (Wildman–Crippen LogP) is 1.84. The van der Waals surface area contributed by atoms with Gasteiger partial charge >= 0.3 is 0 Å². The number of carbonyl (C=O) groups is 1. The van der Waals surface area contributed by atoms with Gasteiger partial charge in [0.25, 0.3) is 0 Å². The van der Waals surface area contributed by atoms with Crippen LogP contribution in [-0.2, 0) is 4.79 Å². The van der Waals surface area contributed by atoms with Crippen molar-refractivity contribution in [1.29, 1.82) is 0 Å². The second-order valence-corrected chi connectivity index (χ2v) is 6.83. The molecule has 2 rings (SSSR count). The van der Waals surface area contributed by atoms with E-state index in [4.69, 9.17) is 4.74 Å². The Balaban J connectivity index is 0.00000392. The van der Waals surface area contributed by atoms with Gasteiger partial charge in [0.2, 0.25) is 5.91 Å². The lowest BCUT2D eigenvalue weighted by Crippen LogP contribution is -2.50. The van der Waals surface area contributed by atoms with Crippen LogP contribution in [0.5, 0.6) is 5.75 Å². The van der Waals surface area contributed by atoms with Gasteiger partial charge in [-0.05, 0) is 38.8 Å². The number of rotatable bonds is 8. The molecule has 0 saturated carbocycles. The molecule has 1 heterocycles. The topological polar surface area (TPSA) is 78.0 Å². The number of nitrogens with zero attached hydrogens (tertiary/aromatic N) is 2. The predicted molar refractivity (Wildman–Crippen MR) is 125 cm³/mol. The summed E-state index contributed by atoms with van der Waals surface area (Å²) in [5.74, 6) is 1.76. The molecule has 158 valence electrons. The number of aliphatic imine (C=N–C) groups is 1. The number of para-hydroxylation sites is 1. The molecule has 1 amide bonds. The van der Waals surface area contributed by atoms with Crippen molar-refractivity contribution in [1.82, 2.24) is 20.9 Å². The molecular formula is C20H34IN5O2. The summed E-state index contributed by atoms with van der Waals surface area (Å²) < 4.78 is 5.89. The zero-order valence-electron chi connectivity index (χ0n) is 17.1. The maximum atomic E-state index is 11.5. The molecule has 1 saturated heterocycles. The van der Waals surface area contributed by atoms with E-state index >= 15 is 0 Å². The molecular weight excluding hydrogens is 469 g/mol. The number of hydrogen-bond donors (Lipinski definition) is 3. The molecule has 7 nitrogen and oxygen atoms in total. The zero-order valence-corrected chi connectivity index (χ0v) is 19.4. The first-order chi connectivity index (χ1) is 13.1. The molecule has 0 aliphatic carbocycles. The van der Waals surface area contributed by atoms with Crippen molar-refractivity contribution >= 4 is 35.8 Å². The highest BCUT2D eigenvalue weighted by Crippen LogP contribution is 2.11. The van der Waals surface area contributed by atoms with Crippen molar-refractivity contribution in [2.75, 3.05) is 39.8 Å². The van der Waals surface area contributed by atoms with Crippen LogP contribution in [0.2, 0.25) is 0 Å². The number of benzene rings is 1. The Morgan fingerprint density at radius 2 is 1.96 bits per heavy atom. The van der Waals surface area contributed by atoms with Gasteiger partial charge in [-0.1, -0.05) is 18.2 Å². The van der Waals surface area contributed by atoms with Crippen molar-refractivity contribution < 1.29 is 9.53 Å². The Kier molecular flexibility index (Phi) is 11.9. The smallest absolute Gasteiger partial charge is 0.233 e. The van der Waals surface area contributed by atoms with E-state index in [-0.39, 0.29) is 36.0 Å². The second kappa shape index (κ2) is 13.6. The van der Waals surface area contributed by atoms with Crippen molar-refractivity contribution in [2.45, 2.75) is 38.8 Å². The van der Waals surface area contributed by atoms with Crippen molar-refractivity contribution in [3.8, 4) is 5.75 Å². The van der Waals surface area contributed by atoms with E-state index < -0.39 is 0 Å². The van der Waals surface area contributed by atoms with E-state index in [0.29, 0.717) is 19.1 Å². The van der Waals surface area contributed by atoms with Crippen LogP contribution in [0, 0.1) is 0 Å². The summed E-state index contributed by atoms with van der Waals surface area (Å²) in [6, 6.07) is 10.2. The second-order valence-electron chi connectivity index (χ2n) is 6.83. The van der Waals surface area contributed by atoms with E-state index in [9.17, 15) is 4.79 Å². The van der Waals surface area contributed by atoms with Crippen LogP contribution in [0.25, 0.3) is 0 Å². The van der Waals surface area contributed by atoms with Crippen LogP contribution in [0.4, 0.5) is 0 Å². The average molecular weight is 503 g/mol. The quantitative estimate of drug-likeness (QED) is 0.287. The van der Waals surface area contributed by atoms with Crippen LogP contribution in [0.1, 0.15) is 26.7 Å². The van der Waals surface area contributed by atoms with Gasteiger partial charge < -0.3 is 20.7 Å². The normalized spacial score (nSPS) is 16.6. The van der Waals surface area contributed by atoms with Gasteiger partial charge in [-0.25, -0.2) is 4.99 Å². The largest absolute Gasteiger partial charge is 0.489 e. The third-order valence-electron chi connectivity index (χ3n) is 4.51. The Morgan fingerprint density at radius 1 is 1.29 bits per heavy atom. The highest BCUT2D eigenvalue weighted by molar-refractivity contribution is 14.0. The van der Waals surface area contributed by atoms with Crippen molar-refractivity contribution in [3.63, 3.8) is 0 Å². The number of guanidine groups is 1. The molecule has 1 unspecified atom stereocenters. The van der Waals surface area contributed by atoms with Crippen LogP contribution < -0.4 is 20.7 Å². The standard InChI is InChI=1S/C20H33N5O2.HI/c1-4-22-20(23-14-16(2)27-18-8-6-5-7-9-18)24-17-10-12-25(13-11-17)15-19(26)21-3;/h5-9,16-17H,4,10-15H2,1-3H3,(H,21,26)(H2,22,23,24);1H. The SMILES string of the molecule is CCNC(=NCC(C)Oc1ccccc1)NC1CCN(CC(=O)NC)CC1.I. The van der Waals surface area contributed by atoms with Gasteiger partial charge in [0.1, 0.15) is 11.9 Å². The minimum atomic E-state index is -0.00254. The lowest BCUT2D eigenvalue weighted by molar-refractivity contribution is -0.122. The number of halogens is 1. The molecule has 28 heavy (non-hydrogen) atoms. The fraction of sp³-hybridized carbons (Fsp3) is 0.600. The Labute approximate surface area is 185 Å². The van der Waals surface area contributed by atoms with Gasteiger partial charge in [0.05, 0.1) is 13.1 Å². The van der Waals surface area contributed by atoms with E-state index in [1.165, 1.54) is 0 Å². The summed E-state index contributed by atoms with van der Waals surface area (Å²) >= 11 is 0. The molecule has 0 aromatic heterocycles. The summed E-state index contributed by atoms with van der Waals surface area (Å²) in [5.41, 5.74) is 0. The average Bonchev–Trinajstić information content (AvgIpc) is 2.68. The third-order valence-corrected chi connectivity index (χ3v) is 4.51. The molecule has 0 radical (unpaired) electrons. The van der Waals surface area contributed by atoms with Crippen LogP contribution >= 0.6 is 24.0 Å². The summed E-state index contributed by atoms with van der Waals surface area (Å²) in [7, 11) is 1.68. The fourth-order valence-corrected chi connectivity index (χ4v) is 3.02. The van der Waals surface area contributed by atoms with E-state index in [0.717, 1.165) is 44.2 Å². The van der Waals surface area contributed by atoms with Crippen LogP contribution in [-0.4, -0.2) is 68.7 Å². The number of likely N-dealkylation sites (tertiary alicyclic amines) is 1. The lowest BCUT2D eigenvalue weighted by atomic mass is 10.1. The highest BCUT2D eigenvalue weighted by Gasteiger charge is 2.21. The lowest BCUT2D eigenvalue weighted by Gasteiger charge is -2.32. The third kappa shape index (κ3) is 9.09. The Morgan fingerprint density at radius 3 is 2.57 bits per heavy atom. The summed E-state index contributed by atoms with van der Waals surface area (Å²) in [4.78, 5) is 18.4. The molecule has 1 aromatic carbocycles. The fourth-order valence-electron chi connectivity index (χ4n) is 3.02. The Bertz CT molecular complexity index is 592. The first-order valence-corrected chi connectivity index (χ1v) is 9.80. The molecule has 1 aliphatic heterocycles. The Hall–Kier alpha value is -1.55. The van der Waals surface area contributed by atoms with E-state index in [1.54, 1.807) is 7.05 Å². The highest BCUT2D eigenvalue weighted by atomic mass is 127. The summed E-state index contributed by atoms with van der Waals surface area (Å²) in [6.07, 6.45) is 1.99. The summed E-state index contributed by atoms with van der Waals surface area (Å²) in [6.45, 7) is 7.79. The number of ether oxygens (including phenoxy) is 1. The summed E-state index contributed by atoms with van der Waals surface area (Å²) in [5, 5.41) is 9.51. The van der Waals surface area contributed by atoms with E-state index in [1.807, 2.05) is 37.3 Å². The van der Waals surface area contributed by atoms with Gasteiger partial charge in [-0.2, -0.15) is 0 Å². The number of hydrogen-bond acceptors (Lipinski definition) is 4. The zero-order chi connectivity index (χ0) is 19.5. The molecule has 8 heteroatoms.